The van der Waals surface area contributed by atoms with Crippen LogP contribution in [0.5, 0.6) is 0 Å². The Kier molecular flexibility index (Phi) is 4.94. The van der Waals surface area contributed by atoms with E-state index in [2.05, 4.69) is 20.3 Å². The van der Waals surface area contributed by atoms with Crippen LogP contribution in [0, 0.1) is 6.92 Å². The molecule has 0 saturated heterocycles. The maximum absolute atomic E-state index is 11.8. The lowest BCUT2D eigenvalue weighted by atomic mass is 10.3. The van der Waals surface area contributed by atoms with Gasteiger partial charge in [0.05, 0.1) is 0 Å². The Morgan fingerprint density at radius 2 is 2.05 bits per heavy atom. The second kappa shape index (κ2) is 6.89. The van der Waals surface area contributed by atoms with E-state index in [1.165, 1.54) is 17.8 Å². The van der Waals surface area contributed by atoms with Crippen LogP contribution in [0.2, 0.25) is 0 Å². The Morgan fingerprint density at radius 1 is 1.33 bits per heavy atom. The smallest absolute Gasteiger partial charge is 0.226 e. The third-order valence-electron chi connectivity index (χ3n) is 2.57. The molecule has 2 rings (SSSR count). The quantitative estimate of drug-likeness (QED) is 0.565. The van der Waals surface area contributed by atoms with E-state index < -0.39 is 0 Å². The molecule has 0 aliphatic heterocycles. The Morgan fingerprint density at radius 3 is 2.71 bits per heavy atom. The number of carbonyl (C=O) groups is 1. The van der Waals surface area contributed by atoms with E-state index >= 15 is 0 Å². The zero-order valence-corrected chi connectivity index (χ0v) is 12.4. The van der Waals surface area contributed by atoms with E-state index in [9.17, 15) is 4.79 Å². The largest absolute Gasteiger partial charge is 0.383 e. The highest BCUT2D eigenvalue weighted by Gasteiger charge is 2.07. The number of anilines is 3. The van der Waals surface area contributed by atoms with Crippen molar-refractivity contribution < 1.29 is 4.79 Å². The van der Waals surface area contributed by atoms with Crippen molar-refractivity contribution in [3.05, 3.63) is 30.0 Å². The highest BCUT2D eigenvalue weighted by Crippen LogP contribution is 2.17. The Labute approximate surface area is 126 Å². The van der Waals surface area contributed by atoms with E-state index in [-0.39, 0.29) is 5.91 Å². The van der Waals surface area contributed by atoms with Gasteiger partial charge in [-0.3, -0.25) is 4.79 Å². The van der Waals surface area contributed by atoms with E-state index in [1.807, 2.05) is 19.1 Å². The lowest BCUT2D eigenvalue weighted by Gasteiger charge is -2.06. The predicted molar refractivity (Wildman–Crippen MR) is 83.8 cm³/mol. The Hall–Kier alpha value is -2.35. The lowest BCUT2D eigenvalue weighted by molar-refractivity contribution is -0.115. The summed E-state index contributed by atoms with van der Waals surface area (Å²) in [6.45, 7) is 1.89. The van der Waals surface area contributed by atoms with Gasteiger partial charge in [0, 0.05) is 24.4 Å². The molecule has 0 aromatic carbocycles. The van der Waals surface area contributed by atoms with Crippen molar-refractivity contribution in [3.8, 4) is 0 Å². The van der Waals surface area contributed by atoms with Crippen LogP contribution in [0.1, 0.15) is 12.0 Å². The number of rotatable bonds is 5. The summed E-state index contributed by atoms with van der Waals surface area (Å²) in [6.07, 6.45) is 1.96. The number of thioether (sulfide) groups is 1. The first-order valence-corrected chi connectivity index (χ1v) is 7.27. The van der Waals surface area contributed by atoms with Gasteiger partial charge in [-0.25, -0.2) is 15.0 Å². The van der Waals surface area contributed by atoms with Gasteiger partial charge >= 0.3 is 0 Å². The minimum absolute atomic E-state index is 0.110. The number of amides is 1. The maximum atomic E-state index is 11.8. The maximum Gasteiger partial charge on any atom is 0.226 e. The van der Waals surface area contributed by atoms with Crippen LogP contribution in [0.3, 0.4) is 0 Å². The molecule has 0 radical (unpaired) electrons. The lowest BCUT2D eigenvalue weighted by Crippen LogP contribution is -2.14. The number of hydrogen-bond donors (Lipinski definition) is 3. The van der Waals surface area contributed by atoms with E-state index in [4.69, 9.17) is 11.5 Å². The molecule has 0 aliphatic rings. The summed E-state index contributed by atoms with van der Waals surface area (Å²) >= 11 is 1.33. The third kappa shape index (κ3) is 4.60. The summed E-state index contributed by atoms with van der Waals surface area (Å²) in [4.78, 5) is 24.0. The van der Waals surface area contributed by atoms with Crippen molar-refractivity contribution in [1.82, 2.24) is 15.0 Å². The highest BCUT2D eigenvalue weighted by molar-refractivity contribution is 7.99. The molecular formula is C13H16N6OS. The number of nitrogen functional groups attached to an aromatic ring is 2. The highest BCUT2D eigenvalue weighted by atomic mass is 32.2. The normalized spacial score (nSPS) is 10.3. The molecule has 0 unspecified atom stereocenters. The Balaban J connectivity index is 1.83. The van der Waals surface area contributed by atoms with Gasteiger partial charge in [-0.1, -0.05) is 17.8 Å². The second-order valence-corrected chi connectivity index (χ2v) is 5.38. The first-order chi connectivity index (χ1) is 10.0. The molecule has 110 valence electrons. The fraction of sp³-hybridized carbons (Fsp3) is 0.231. The van der Waals surface area contributed by atoms with Crippen molar-refractivity contribution >= 4 is 35.1 Å². The molecule has 0 atom stereocenters. The van der Waals surface area contributed by atoms with Crippen molar-refractivity contribution in [1.29, 1.82) is 0 Å². The minimum Gasteiger partial charge on any atom is -0.383 e. The number of nitrogens with zero attached hydrogens (tertiary/aromatic N) is 3. The molecule has 0 fully saturated rings. The molecule has 8 heteroatoms. The molecule has 0 spiro atoms. The monoisotopic (exact) mass is 304 g/mol. The standard InChI is InChI=1S/C13H16N6OS/c1-8-3-2-5-16-12(8)19-11(20)4-6-21-13-17-9(14)7-10(15)18-13/h2-3,5,7H,4,6H2,1H3,(H,16,19,20)(H4,14,15,17,18). The molecule has 5 N–H and O–H groups in total. The van der Waals surface area contributed by atoms with E-state index in [1.54, 1.807) is 6.20 Å². The van der Waals surface area contributed by atoms with Gasteiger partial charge in [0.1, 0.15) is 17.5 Å². The summed E-state index contributed by atoms with van der Waals surface area (Å²) in [5.74, 6) is 1.64. The van der Waals surface area contributed by atoms with E-state index in [0.717, 1.165) is 5.56 Å². The molecule has 2 heterocycles. The summed E-state index contributed by atoms with van der Waals surface area (Å²) in [6, 6.07) is 5.20. The number of hydrogen-bond acceptors (Lipinski definition) is 7. The van der Waals surface area contributed by atoms with Crippen molar-refractivity contribution in [2.75, 3.05) is 22.5 Å². The fourth-order valence-electron chi connectivity index (χ4n) is 1.57. The van der Waals surface area contributed by atoms with Crippen LogP contribution in [0.25, 0.3) is 0 Å². The fourth-order valence-corrected chi connectivity index (χ4v) is 2.38. The minimum atomic E-state index is -0.110. The van der Waals surface area contributed by atoms with Gasteiger partial charge in [-0.2, -0.15) is 0 Å². The average Bonchev–Trinajstić information content (AvgIpc) is 2.40. The summed E-state index contributed by atoms with van der Waals surface area (Å²) in [5, 5.41) is 3.23. The first-order valence-electron chi connectivity index (χ1n) is 6.29. The molecule has 2 aromatic heterocycles. The SMILES string of the molecule is Cc1cccnc1NC(=O)CCSc1nc(N)cc(N)n1. The molecule has 2 aromatic rings. The van der Waals surface area contributed by atoms with Crippen LogP contribution in [0.15, 0.2) is 29.6 Å². The van der Waals surface area contributed by atoms with Gasteiger partial charge in [0.2, 0.25) is 5.91 Å². The molecule has 7 nitrogen and oxygen atoms in total. The van der Waals surface area contributed by atoms with Crippen molar-refractivity contribution in [3.63, 3.8) is 0 Å². The molecule has 0 aliphatic carbocycles. The summed E-state index contributed by atoms with van der Waals surface area (Å²) in [5.41, 5.74) is 12.1. The topological polar surface area (TPSA) is 120 Å². The average molecular weight is 304 g/mol. The molecule has 0 bridgehead atoms. The molecule has 0 saturated carbocycles. The van der Waals surface area contributed by atoms with Gasteiger partial charge in [0.15, 0.2) is 5.16 Å². The van der Waals surface area contributed by atoms with Crippen molar-refractivity contribution in [2.24, 2.45) is 0 Å². The van der Waals surface area contributed by atoms with Crippen LogP contribution in [-0.2, 0) is 4.79 Å². The number of pyridine rings is 1. The molecule has 21 heavy (non-hydrogen) atoms. The first kappa shape index (κ1) is 15.0. The van der Waals surface area contributed by atoms with Crippen LogP contribution >= 0.6 is 11.8 Å². The number of carbonyl (C=O) groups excluding carboxylic acids is 1. The third-order valence-corrected chi connectivity index (χ3v) is 3.42. The summed E-state index contributed by atoms with van der Waals surface area (Å²) in [7, 11) is 0. The van der Waals surface area contributed by atoms with Crippen LogP contribution in [-0.4, -0.2) is 26.6 Å². The van der Waals surface area contributed by atoms with Gasteiger partial charge in [-0.05, 0) is 18.6 Å². The zero-order chi connectivity index (χ0) is 15.2. The number of aryl methyl sites for hydroxylation is 1. The van der Waals surface area contributed by atoms with Crippen LogP contribution in [0.4, 0.5) is 17.5 Å². The van der Waals surface area contributed by atoms with Crippen LogP contribution < -0.4 is 16.8 Å². The molecule has 1 amide bonds. The number of nitrogens with two attached hydrogens (primary N) is 2. The van der Waals surface area contributed by atoms with Crippen molar-refractivity contribution in [2.45, 2.75) is 18.5 Å². The van der Waals surface area contributed by atoms with Gasteiger partial charge in [0.25, 0.3) is 0 Å². The number of nitrogens with one attached hydrogen (secondary N) is 1. The summed E-state index contributed by atoms with van der Waals surface area (Å²) < 4.78 is 0. The zero-order valence-electron chi connectivity index (χ0n) is 11.5. The number of aromatic nitrogens is 3. The van der Waals surface area contributed by atoms with E-state index in [0.29, 0.717) is 34.8 Å². The van der Waals surface area contributed by atoms with Gasteiger partial charge < -0.3 is 16.8 Å². The van der Waals surface area contributed by atoms with Gasteiger partial charge in [-0.15, -0.1) is 0 Å². The predicted octanol–water partition coefficient (Wildman–Crippen LogP) is 1.47. The Bertz CT molecular complexity index is 628. The molecular weight excluding hydrogens is 288 g/mol. The second-order valence-electron chi connectivity index (χ2n) is 4.32.